The molecule has 0 unspecified atom stereocenters. The zero-order chi connectivity index (χ0) is 12.1. The molecule has 0 bridgehead atoms. The lowest BCUT2D eigenvalue weighted by Gasteiger charge is -2.06. The monoisotopic (exact) mass is 221 g/mol. The van der Waals surface area contributed by atoms with Gasteiger partial charge in [0.2, 0.25) is 0 Å². The number of rotatable bonds is 2. The van der Waals surface area contributed by atoms with Crippen LogP contribution in [-0.2, 0) is 0 Å². The lowest BCUT2D eigenvalue weighted by atomic mass is 10.1. The summed E-state index contributed by atoms with van der Waals surface area (Å²) >= 11 is 0. The summed E-state index contributed by atoms with van der Waals surface area (Å²) in [6.45, 7) is 0. The molecule has 1 aromatic rings. The molecule has 16 heavy (non-hydrogen) atoms. The van der Waals surface area contributed by atoms with E-state index in [4.69, 9.17) is 15.5 Å². The average Bonchev–Trinajstić information content (AvgIpc) is 2.16. The van der Waals surface area contributed by atoms with E-state index in [-0.39, 0.29) is 16.9 Å². The van der Waals surface area contributed by atoms with Gasteiger partial charge in [0.15, 0.2) is 0 Å². The first kappa shape index (κ1) is 11.3. The Morgan fingerprint density at radius 2 is 1.81 bits per heavy atom. The minimum Gasteiger partial charge on any atom is -0.465 e. The van der Waals surface area contributed by atoms with Gasteiger partial charge in [-0.25, -0.2) is 9.59 Å². The molecule has 0 atom stereocenters. The Morgan fingerprint density at radius 3 is 2.31 bits per heavy atom. The van der Waals surface area contributed by atoms with Crippen LogP contribution < -0.4 is 10.6 Å². The topological polar surface area (TPSA) is 122 Å². The van der Waals surface area contributed by atoms with Gasteiger partial charge in [0.25, 0.3) is 0 Å². The standard InChI is InChI=1S/C9H7N3O4/c10-4-5-1-2-6(11-8(13)14)3-7(5)12-9(15)16/h1-3,11-12H,(H,13,14)(H,15,16). The quantitative estimate of drug-likeness (QED) is 0.605. The molecule has 0 fully saturated rings. The molecule has 1 rings (SSSR count). The predicted octanol–water partition coefficient (Wildman–Crippen LogP) is 1.74. The second kappa shape index (κ2) is 4.65. The van der Waals surface area contributed by atoms with E-state index < -0.39 is 12.2 Å². The van der Waals surface area contributed by atoms with E-state index in [0.717, 1.165) is 0 Å². The van der Waals surface area contributed by atoms with Crippen molar-refractivity contribution in [2.75, 3.05) is 10.6 Å². The molecule has 0 aromatic heterocycles. The van der Waals surface area contributed by atoms with E-state index in [1.54, 1.807) is 6.07 Å². The van der Waals surface area contributed by atoms with Gasteiger partial charge in [-0.1, -0.05) is 0 Å². The fourth-order valence-electron chi connectivity index (χ4n) is 1.06. The summed E-state index contributed by atoms with van der Waals surface area (Å²) in [6, 6.07) is 5.68. The van der Waals surface area contributed by atoms with E-state index in [1.807, 2.05) is 10.6 Å². The van der Waals surface area contributed by atoms with Gasteiger partial charge in [-0.2, -0.15) is 5.26 Å². The van der Waals surface area contributed by atoms with Crippen molar-refractivity contribution < 1.29 is 19.8 Å². The van der Waals surface area contributed by atoms with Crippen LogP contribution in [0.5, 0.6) is 0 Å². The van der Waals surface area contributed by atoms with Crippen molar-refractivity contribution in [2.24, 2.45) is 0 Å². The summed E-state index contributed by atoms with van der Waals surface area (Å²) in [6.07, 6.45) is -2.60. The van der Waals surface area contributed by atoms with Crippen molar-refractivity contribution in [2.45, 2.75) is 0 Å². The maximum absolute atomic E-state index is 10.4. The third kappa shape index (κ3) is 2.88. The van der Waals surface area contributed by atoms with Crippen molar-refractivity contribution in [3.05, 3.63) is 23.8 Å². The van der Waals surface area contributed by atoms with E-state index in [9.17, 15) is 9.59 Å². The molecule has 0 saturated heterocycles. The number of amides is 2. The first-order valence-electron chi connectivity index (χ1n) is 4.07. The van der Waals surface area contributed by atoms with Gasteiger partial charge < -0.3 is 10.2 Å². The first-order valence-corrected chi connectivity index (χ1v) is 4.07. The number of nitriles is 1. The fraction of sp³-hybridized carbons (Fsp3) is 0. The smallest absolute Gasteiger partial charge is 0.409 e. The van der Waals surface area contributed by atoms with Crippen molar-refractivity contribution in [1.29, 1.82) is 5.26 Å². The average molecular weight is 221 g/mol. The van der Waals surface area contributed by atoms with Gasteiger partial charge in [0.1, 0.15) is 6.07 Å². The van der Waals surface area contributed by atoms with Crippen molar-refractivity contribution >= 4 is 23.6 Å². The highest BCUT2D eigenvalue weighted by Gasteiger charge is 2.07. The summed E-state index contributed by atoms with van der Waals surface area (Å²) in [4.78, 5) is 20.8. The Bertz CT molecular complexity index is 478. The second-order valence-electron chi connectivity index (χ2n) is 2.73. The van der Waals surface area contributed by atoms with Crippen LogP contribution in [0, 0.1) is 11.3 Å². The van der Waals surface area contributed by atoms with Crippen LogP contribution >= 0.6 is 0 Å². The summed E-state index contributed by atoms with van der Waals surface area (Å²) in [5.41, 5.74) is 0.315. The van der Waals surface area contributed by atoms with Gasteiger partial charge in [-0.05, 0) is 18.2 Å². The van der Waals surface area contributed by atoms with E-state index in [2.05, 4.69) is 0 Å². The third-order valence-corrected chi connectivity index (χ3v) is 1.63. The molecule has 82 valence electrons. The van der Waals surface area contributed by atoms with Crippen LogP contribution in [0.1, 0.15) is 5.56 Å². The van der Waals surface area contributed by atoms with Crippen molar-refractivity contribution in [3.8, 4) is 6.07 Å². The summed E-state index contributed by atoms with van der Waals surface area (Å²) in [5, 5.41) is 29.7. The Hall–Kier alpha value is -2.75. The number of carbonyl (C=O) groups is 2. The van der Waals surface area contributed by atoms with Crippen molar-refractivity contribution in [1.82, 2.24) is 0 Å². The molecule has 7 heteroatoms. The SMILES string of the molecule is N#Cc1ccc(NC(=O)O)cc1NC(=O)O. The molecule has 0 saturated carbocycles. The fourth-order valence-corrected chi connectivity index (χ4v) is 1.06. The highest BCUT2D eigenvalue weighted by molar-refractivity contribution is 5.89. The summed E-state index contributed by atoms with van der Waals surface area (Å²) < 4.78 is 0. The predicted molar refractivity (Wildman–Crippen MR) is 54.5 cm³/mol. The number of anilines is 2. The van der Waals surface area contributed by atoms with Gasteiger partial charge in [0, 0.05) is 5.69 Å². The molecule has 0 radical (unpaired) electrons. The molecule has 0 heterocycles. The largest absolute Gasteiger partial charge is 0.465 e. The summed E-state index contributed by atoms with van der Waals surface area (Å²) in [5.74, 6) is 0. The van der Waals surface area contributed by atoms with Gasteiger partial charge >= 0.3 is 12.2 Å². The van der Waals surface area contributed by atoms with Crippen LogP contribution in [0.4, 0.5) is 21.0 Å². The molecule has 7 nitrogen and oxygen atoms in total. The number of nitrogens with one attached hydrogen (secondary N) is 2. The molecule has 1 aromatic carbocycles. The Labute approximate surface area is 89.9 Å². The number of nitrogens with zero attached hydrogens (tertiary/aromatic N) is 1. The van der Waals surface area contributed by atoms with Crippen LogP contribution in [0.2, 0.25) is 0 Å². The minimum absolute atomic E-state index is 0.0289. The van der Waals surface area contributed by atoms with Crippen LogP contribution in [0.15, 0.2) is 18.2 Å². The van der Waals surface area contributed by atoms with Crippen LogP contribution in [-0.4, -0.2) is 22.4 Å². The molecule has 0 aliphatic rings. The third-order valence-electron chi connectivity index (χ3n) is 1.63. The maximum atomic E-state index is 10.4. The minimum atomic E-state index is -1.33. The number of benzene rings is 1. The van der Waals surface area contributed by atoms with E-state index in [0.29, 0.717) is 0 Å². The maximum Gasteiger partial charge on any atom is 0.409 e. The molecule has 0 aliphatic heterocycles. The van der Waals surface area contributed by atoms with Gasteiger partial charge in [0.05, 0.1) is 11.3 Å². The van der Waals surface area contributed by atoms with Crippen LogP contribution in [0.3, 0.4) is 0 Å². The number of carboxylic acid groups (broad SMARTS) is 2. The Balaban J connectivity index is 3.06. The number of hydrogen-bond acceptors (Lipinski definition) is 3. The highest BCUT2D eigenvalue weighted by Crippen LogP contribution is 2.20. The highest BCUT2D eigenvalue weighted by atomic mass is 16.4. The molecular formula is C9H7N3O4. The van der Waals surface area contributed by atoms with Gasteiger partial charge in [-0.15, -0.1) is 0 Å². The molecule has 0 aliphatic carbocycles. The molecule has 4 N–H and O–H groups in total. The van der Waals surface area contributed by atoms with Crippen LogP contribution in [0.25, 0.3) is 0 Å². The van der Waals surface area contributed by atoms with E-state index >= 15 is 0 Å². The summed E-state index contributed by atoms with van der Waals surface area (Å²) in [7, 11) is 0. The van der Waals surface area contributed by atoms with E-state index in [1.165, 1.54) is 18.2 Å². The Morgan fingerprint density at radius 1 is 1.19 bits per heavy atom. The second-order valence-corrected chi connectivity index (χ2v) is 2.73. The Kier molecular flexibility index (Phi) is 3.29. The van der Waals surface area contributed by atoms with Crippen molar-refractivity contribution in [3.63, 3.8) is 0 Å². The molecule has 2 amide bonds. The lowest BCUT2D eigenvalue weighted by Crippen LogP contribution is -2.11. The lowest BCUT2D eigenvalue weighted by molar-refractivity contribution is 0.208. The number of hydrogen-bond donors (Lipinski definition) is 4. The molecular weight excluding hydrogens is 214 g/mol. The normalized spacial score (nSPS) is 8.94. The first-order chi connectivity index (χ1) is 7.52. The zero-order valence-electron chi connectivity index (χ0n) is 7.89. The molecule has 0 spiro atoms. The zero-order valence-corrected chi connectivity index (χ0v) is 7.89. The van der Waals surface area contributed by atoms with Gasteiger partial charge in [-0.3, -0.25) is 10.6 Å².